The first-order valence-corrected chi connectivity index (χ1v) is 12.4. The van der Waals surface area contributed by atoms with Gasteiger partial charge in [0.2, 0.25) is 5.91 Å². The monoisotopic (exact) mass is 506 g/mol. The second kappa shape index (κ2) is 12.4. The highest BCUT2D eigenvalue weighted by molar-refractivity contribution is 6.07. The van der Waals surface area contributed by atoms with E-state index in [0.717, 1.165) is 11.3 Å². The first-order valence-electron chi connectivity index (χ1n) is 12.4. The zero-order valence-corrected chi connectivity index (χ0v) is 21.4. The Balaban J connectivity index is 1.31. The van der Waals surface area contributed by atoms with E-state index in [1.165, 1.54) is 0 Å². The van der Waals surface area contributed by atoms with E-state index in [4.69, 9.17) is 0 Å². The molecule has 0 heterocycles. The number of hydrogen-bond acceptors (Lipinski definition) is 4. The predicted molar refractivity (Wildman–Crippen MR) is 153 cm³/mol. The number of anilines is 4. The number of aryl methyl sites for hydroxylation is 1. The van der Waals surface area contributed by atoms with Crippen LogP contribution in [0.1, 0.15) is 33.2 Å². The summed E-state index contributed by atoms with van der Waals surface area (Å²) in [5, 5.41) is 8.76. The van der Waals surface area contributed by atoms with Gasteiger partial charge in [-0.1, -0.05) is 42.0 Å². The van der Waals surface area contributed by atoms with Crippen LogP contribution in [0.25, 0.3) is 0 Å². The highest BCUT2D eigenvalue weighted by Crippen LogP contribution is 2.19. The summed E-state index contributed by atoms with van der Waals surface area (Å²) in [7, 11) is 0. The van der Waals surface area contributed by atoms with Gasteiger partial charge in [0, 0.05) is 40.4 Å². The Hall–Kier alpha value is -4.91. The molecule has 0 atom stereocenters. The number of nitrogens with one attached hydrogen (secondary N) is 3. The van der Waals surface area contributed by atoms with Crippen LogP contribution in [0.3, 0.4) is 0 Å². The zero-order chi connectivity index (χ0) is 26.9. The van der Waals surface area contributed by atoms with Crippen LogP contribution in [0.4, 0.5) is 22.7 Å². The molecule has 0 aliphatic rings. The number of carbonyl (C=O) groups is 3. The molecule has 0 fully saturated rings. The SMILES string of the molecule is CCN(C(=O)c1cccc(NCC(=O)Nc2ccc(NC(=O)c3cccc(C)c3)cc2)c1)c1ccccc1. The molecule has 0 saturated carbocycles. The van der Waals surface area contributed by atoms with E-state index in [9.17, 15) is 14.4 Å². The largest absolute Gasteiger partial charge is 0.376 e. The fourth-order valence-electron chi connectivity index (χ4n) is 3.98. The van der Waals surface area contributed by atoms with Crippen molar-refractivity contribution in [3.8, 4) is 0 Å². The molecule has 0 bridgehead atoms. The summed E-state index contributed by atoms with van der Waals surface area (Å²) in [6, 6.07) is 30.9. The van der Waals surface area contributed by atoms with Gasteiger partial charge >= 0.3 is 0 Å². The molecule has 0 aliphatic heterocycles. The maximum Gasteiger partial charge on any atom is 0.258 e. The summed E-state index contributed by atoms with van der Waals surface area (Å²) in [6.45, 7) is 4.43. The standard InChI is InChI=1S/C31H30N4O3/c1-3-35(28-13-5-4-6-14-28)31(38)24-11-8-12-27(20-24)32-21-29(36)33-25-15-17-26(18-16-25)34-30(37)23-10-7-9-22(2)19-23/h4-20,32H,3,21H2,1-2H3,(H,33,36)(H,34,37). The minimum atomic E-state index is -0.238. The molecule has 3 N–H and O–H groups in total. The van der Waals surface area contributed by atoms with Gasteiger partial charge in [-0.2, -0.15) is 0 Å². The summed E-state index contributed by atoms with van der Waals surface area (Å²) < 4.78 is 0. The van der Waals surface area contributed by atoms with Crippen LogP contribution in [-0.4, -0.2) is 30.8 Å². The first-order chi connectivity index (χ1) is 18.4. The van der Waals surface area contributed by atoms with Gasteiger partial charge in [0.25, 0.3) is 11.8 Å². The number of amides is 3. The highest BCUT2D eigenvalue weighted by atomic mass is 16.2. The minimum absolute atomic E-state index is 0.0274. The van der Waals surface area contributed by atoms with Gasteiger partial charge in [-0.15, -0.1) is 0 Å². The van der Waals surface area contributed by atoms with E-state index in [-0.39, 0.29) is 24.3 Å². The van der Waals surface area contributed by atoms with E-state index in [0.29, 0.717) is 34.7 Å². The lowest BCUT2D eigenvalue weighted by molar-refractivity contribution is -0.114. The van der Waals surface area contributed by atoms with Gasteiger partial charge in [-0.25, -0.2) is 0 Å². The smallest absolute Gasteiger partial charge is 0.258 e. The van der Waals surface area contributed by atoms with Gasteiger partial charge in [-0.3, -0.25) is 14.4 Å². The lowest BCUT2D eigenvalue weighted by atomic mass is 10.1. The summed E-state index contributed by atoms with van der Waals surface area (Å²) in [6.07, 6.45) is 0. The van der Waals surface area contributed by atoms with E-state index < -0.39 is 0 Å². The molecule has 192 valence electrons. The Morgan fingerprint density at radius 1 is 0.684 bits per heavy atom. The number of hydrogen-bond donors (Lipinski definition) is 3. The Morgan fingerprint density at radius 3 is 2.03 bits per heavy atom. The number of rotatable bonds is 9. The van der Waals surface area contributed by atoms with Gasteiger partial charge in [0.05, 0.1) is 6.54 Å². The molecule has 4 rings (SSSR count). The molecule has 0 saturated heterocycles. The van der Waals surface area contributed by atoms with Crippen molar-refractivity contribution in [1.29, 1.82) is 0 Å². The molecule has 0 spiro atoms. The second-order valence-electron chi connectivity index (χ2n) is 8.77. The van der Waals surface area contributed by atoms with Crippen molar-refractivity contribution in [2.75, 3.05) is 33.9 Å². The molecule has 0 unspecified atom stereocenters. The van der Waals surface area contributed by atoms with Crippen LogP contribution in [0, 0.1) is 6.92 Å². The fourth-order valence-corrected chi connectivity index (χ4v) is 3.98. The second-order valence-corrected chi connectivity index (χ2v) is 8.77. The molecule has 3 amide bonds. The van der Waals surface area contributed by atoms with Gasteiger partial charge < -0.3 is 20.9 Å². The number of benzene rings is 4. The van der Waals surface area contributed by atoms with Gasteiger partial charge in [0.1, 0.15) is 0 Å². The highest BCUT2D eigenvalue weighted by Gasteiger charge is 2.16. The third kappa shape index (κ3) is 6.85. The Morgan fingerprint density at radius 2 is 1.34 bits per heavy atom. The summed E-state index contributed by atoms with van der Waals surface area (Å²) in [5.41, 5.74) is 4.87. The molecular weight excluding hydrogens is 476 g/mol. The number of para-hydroxylation sites is 1. The quantitative estimate of drug-likeness (QED) is 0.261. The van der Waals surface area contributed by atoms with E-state index in [2.05, 4.69) is 16.0 Å². The average molecular weight is 507 g/mol. The van der Waals surface area contributed by atoms with Crippen molar-refractivity contribution < 1.29 is 14.4 Å². The molecular formula is C31H30N4O3. The summed E-state index contributed by atoms with van der Waals surface area (Å²) in [5.74, 6) is -0.541. The molecule has 0 aliphatic carbocycles. The Bertz CT molecular complexity index is 1420. The van der Waals surface area contributed by atoms with Crippen molar-refractivity contribution in [2.24, 2.45) is 0 Å². The number of carbonyl (C=O) groups excluding carboxylic acids is 3. The van der Waals surface area contributed by atoms with Crippen LogP contribution >= 0.6 is 0 Å². The Kier molecular flexibility index (Phi) is 8.51. The van der Waals surface area contributed by atoms with E-state index in [1.54, 1.807) is 53.4 Å². The maximum atomic E-state index is 13.1. The topological polar surface area (TPSA) is 90.5 Å². The van der Waals surface area contributed by atoms with Crippen LogP contribution < -0.4 is 20.9 Å². The zero-order valence-electron chi connectivity index (χ0n) is 21.4. The number of nitrogens with zero attached hydrogens (tertiary/aromatic N) is 1. The van der Waals surface area contributed by atoms with Crippen LogP contribution in [-0.2, 0) is 4.79 Å². The maximum absolute atomic E-state index is 13.1. The first kappa shape index (κ1) is 26.2. The molecule has 38 heavy (non-hydrogen) atoms. The lowest BCUT2D eigenvalue weighted by Crippen LogP contribution is -2.30. The lowest BCUT2D eigenvalue weighted by Gasteiger charge is -2.21. The average Bonchev–Trinajstić information content (AvgIpc) is 2.94. The minimum Gasteiger partial charge on any atom is -0.376 e. The molecule has 7 heteroatoms. The molecule has 0 radical (unpaired) electrons. The third-order valence-corrected chi connectivity index (χ3v) is 5.90. The van der Waals surface area contributed by atoms with Crippen LogP contribution in [0.15, 0.2) is 103 Å². The van der Waals surface area contributed by atoms with Crippen LogP contribution in [0.5, 0.6) is 0 Å². The third-order valence-electron chi connectivity index (χ3n) is 5.90. The van der Waals surface area contributed by atoms with Gasteiger partial charge in [0.15, 0.2) is 0 Å². The van der Waals surface area contributed by atoms with E-state index in [1.807, 2.05) is 68.4 Å². The van der Waals surface area contributed by atoms with Crippen molar-refractivity contribution in [1.82, 2.24) is 0 Å². The van der Waals surface area contributed by atoms with E-state index >= 15 is 0 Å². The summed E-state index contributed by atoms with van der Waals surface area (Å²) >= 11 is 0. The molecule has 7 nitrogen and oxygen atoms in total. The molecule has 0 aromatic heterocycles. The van der Waals surface area contributed by atoms with Crippen LogP contribution in [0.2, 0.25) is 0 Å². The Labute approximate surface area is 222 Å². The summed E-state index contributed by atoms with van der Waals surface area (Å²) in [4.78, 5) is 39.7. The molecule has 4 aromatic carbocycles. The molecule has 4 aromatic rings. The van der Waals surface area contributed by atoms with Gasteiger partial charge in [-0.05, 0) is 80.6 Å². The fraction of sp³-hybridized carbons (Fsp3) is 0.129. The normalized spacial score (nSPS) is 10.4. The van der Waals surface area contributed by atoms with Crippen molar-refractivity contribution in [3.63, 3.8) is 0 Å². The van der Waals surface area contributed by atoms with Crippen molar-refractivity contribution in [3.05, 3.63) is 120 Å². The predicted octanol–water partition coefficient (Wildman–Crippen LogP) is 5.96. The van der Waals surface area contributed by atoms with Crippen molar-refractivity contribution in [2.45, 2.75) is 13.8 Å². The van der Waals surface area contributed by atoms with Crippen molar-refractivity contribution >= 4 is 40.5 Å².